The second-order valence-corrected chi connectivity index (χ2v) is 5.50. The quantitative estimate of drug-likeness (QED) is 0.286. The standard InChI is InChI=1S/C9H17N3O2S/c1-6(7(10)12-14)11-8(13)9(2)4-3-5-15-9/h6,14H,3-5H2,1-2H3,(H2,10,12)(H,11,13). The van der Waals surface area contributed by atoms with Crippen LogP contribution in [0.4, 0.5) is 0 Å². The maximum absolute atomic E-state index is 11.9. The molecule has 0 saturated carbocycles. The lowest BCUT2D eigenvalue weighted by molar-refractivity contribution is -0.123. The van der Waals surface area contributed by atoms with Crippen LogP contribution in [0, 0.1) is 0 Å². The van der Waals surface area contributed by atoms with Gasteiger partial charge in [-0.05, 0) is 32.4 Å². The Bertz CT molecular complexity index is 275. The summed E-state index contributed by atoms with van der Waals surface area (Å²) in [6.45, 7) is 3.62. The zero-order valence-electron chi connectivity index (χ0n) is 8.99. The second-order valence-electron chi connectivity index (χ2n) is 3.90. The molecule has 2 unspecified atom stereocenters. The lowest BCUT2D eigenvalue weighted by Crippen LogP contribution is -2.49. The number of thioether (sulfide) groups is 1. The number of nitrogens with one attached hydrogen (secondary N) is 1. The van der Waals surface area contributed by atoms with Crippen LogP contribution in [0.15, 0.2) is 5.16 Å². The van der Waals surface area contributed by atoms with E-state index in [0.717, 1.165) is 18.6 Å². The van der Waals surface area contributed by atoms with Gasteiger partial charge < -0.3 is 16.3 Å². The fourth-order valence-corrected chi connectivity index (χ4v) is 2.69. The maximum Gasteiger partial charge on any atom is 0.236 e. The van der Waals surface area contributed by atoms with Crippen molar-refractivity contribution in [1.29, 1.82) is 0 Å². The van der Waals surface area contributed by atoms with Gasteiger partial charge in [0, 0.05) is 0 Å². The van der Waals surface area contributed by atoms with E-state index in [9.17, 15) is 4.79 Å². The van der Waals surface area contributed by atoms with Gasteiger partial charge in [-0.15, -0.1) is 11.8 Å². The Morgan fingerprint density at radius 1 is 1.73 bits per heavy atom. The number of amidine groups is 1. The van der Waals surface area contributed by atoms with Crippen molar-refractivity contribution >= 4 is 23.5 Å². The molecule has 6 heteroatoms. The molecule has 0 bridgehead atoms. The lowest BCUT2D eigenvalue weighted by Gasteiger charge is -2.23. The lowest BCUT2D eigenvalue weighted by atomic mass is 10.0. The summed E-state index contributed by atoms with van der Waals surface area (Å²) >= 11 is 1.66. The molecule has 0 aromatic heterocycles. The van der Waals surface area contributed by atoms with Gasteiger partial charge in [0.15, 0.2) is 5.84 Å². The van der Waals surface area contributed by atoms with Crippen molar-refractivity contribution in [2.45, 2.75) is 37.5 Å². The first-order chi connectivity index (χ1) is 6.99. The SMILES string of the molecule is CC(NC(=O)C1(C)CCCS1)C(N)=NO. The van der Waals surface area contributed by atoms with Gasteiger partial charge in [-0.1, -0.05) is 5.16 Å². The predicted octanol–water partition coefficient (Wildman–Crippen LogP) is 0.523. The molecule has 1 amide bonds. The first kappa shape index (κ1) is 12.2. The summed E-state index contributed by atoms with van der Waals surface area (Å²) < 4.78 is -0.357. The van der Waals surface area contributed by atoms with E-state index in [-0.39, 0.29) is 16.5 Å². The summed E-state index contributed by atoms with van der Waals surface area (Å²) in [4.78, 5) is 11.9. The molecule has 1 aliphatic heterocycles. The average Bonchev–Trinajstić information content (AvgIpc) is 2.65. The second kappa shape index (κ2) is 4.74. The molecule has 15 heavy (non-hydrogen) atoms. The van der Waals surface area contributed by atoms with E-state index in [2.05, 4.69) is 10.5 Å². The molecule has 5 nitrogen and oxygen atoms in total. The molecule has 4 N–H and O–H groups in total. The van der Waals surface area contributed by atoms with Crippen LogP contribution in [-0.2, 0) is 4.79 Å². The average molecular weight is 231 g/mol. The third-order valence-corrected chi connectivity index (χ3v) is 4.13. The van der Waals surface area contributed by atoms with Crippen LogP contribution in [-0.4, -0.2) is 33.5 Å². The summed E-state index contributed by atoms with van der Waals surface area (Å²) in [5, 5.41) is 14.1. The van der Waals surface area contributed by atoms with E-state index in [1.165, 1.54) is 0 Å². The van der Waals surface area contributed by atoms with Crippen molar-refractivity contribution in [3.63, 3.8) is 0 Å². The minimum absolute atomic E-state index is 0.0231. The van der Waals surface area contributed by atoms with Crippen LogP contribution in [0.3, 0.4) is 0 Å². The Balaban J connectivity index is 2.55. The van der Waals surface area contributed by atoms with Crippen LogP contribution in [0.25, 0.3) is 0 Å². The monoisotopic (exact) mass is 231 g/mol. The van der Waals surface area contributed by atoms with Gasteiger partial charge in [-0.25, -0.2) is 0 Å². The third-order valence-electron chi connectivity index (χ3n) is 2.61. The summed E-state index contributed by atoms with van der Waals surface area (Å²) in [5.74, 6) is 1.00. The van der Waals surface area contributed by atoms with Crippen molar-refractivity contribution in [2.24, 2.45) is 10.9 Å². The van der Waals surface area contributed by atoms with E-state index < -0.39 is 6.04 Å². The van der Waals surface area contributed by atoms with Crippen molar-refractivity contribution in [2.75, 3.05) is 5.75 Å². The number of hydrogen-bond acceptors (Lipinski definition) is 4. The molecule has 86 valence electrons. The summed E-state index contributed by atoms with van der Waals surface area (Å²) in [7, 11) is 0. The topological polar surface area (TPSA) is 87.7 Å². The van der Waals surface area contributed by atoms with Crippen LogP contribution in [0.5, 0.6) is 0 Å². The van der Waals surface area contributed by atoms with E-state index in [0.29, 0.717) is 0 Å². The molecular formula is C9H17N3O2S. The zero-order chi connectivity index (χ0) is 11.5. The Kier molecular flexibility index (Phi) is 3.84. The Morgan fingerprint density at radius 3 is 2.87 bits per heavy atom. The number of nitrogens with two attached hydrogens (primary N) is 1. The van der Waals surface area contributed by atoms with E-state index in [4.69, 9.17) is 10.9 Å². The molecule has 1 saturated heterocycles. The molecule has 2 atom stereocenters. The molecule has 0 spiro atoms. The van der Waals surface area contributed by atoms with Gasteiger partial charge >= 0.3 is 0 Å². The van der Waals surface area contributed by atoms with Crippen molar-refractivity contribution in [1.82, 2.24) is 5.32 Å². The fraction of sp³-hybridized carbons (Fsp3) is 0.778. The highest BCUT2D eigenvalue weighted by Gasteiger charge is 2.37. The largest absolute Gasteiger partial charge is 0.409 e. The number of carbonyl (C=O) groups excluding carboxylic acids is 1. The smallest absolute Gasteiger partial charge is 0.236 e. The number of oxime groups is 1. The normalized spacial score (nSPS) is 28.8. The van der Waals surface area contributed by atoms with Crippen molar-refractivity contribution in [3.8, 4) is 0 Å². The van der Waals surface area contributed by atoms with Crippen molar-refractivity contribution < 1.29 is 10.0 Å². The fourth-order valence-electron chi connectivity index (χ4n) is 1.47. The summed E-state index contributed by atoms with van der Waals surface area (Å²) in [6, 6.07) is -0.430. The minimum atomic E-state index is -0.430. The Hall–Kier alpha value is -0.910. The van der Waals surface area contributed by atoms with E-state index >= 15 is 0 Å². The van der Waals surface area contributed by atoms with Gasteiger partial charge in [0.1, 0.15) is 0 Å². The maximum atomic E-state index is 11.9. The first-order valence-electron chi connectivity index (χ1n) is 4.92. The number of hydrogen-bond donors (Lipinski definition) is 3. The first-order valence-corrected chi connectivity index (χ1v) is 5.90. The number of amides is 1. The van der Waals surface area contributed by atoms with Crippen LogP contribution >= 0.6 is 11.8 Å². The molecule has 1 aliphatic rings. The van der Waals surface area contributed by atoms with Gasteiger partial charge in [0.05, 0.1) is 10.8 Å². The zero-order valence-corrected chi connectivity index (χ0v) is 9.80. The van der Waals surface area contributed by atoms with E-state index in [1.807, 2.05) is 6.92 Å². The Morgan fingerprint density at radius 2 is 2.40 bits per heavy atom. The van der Waals surface area contributed by atoms with Gasteiger partial charge in [-0.3, -0.25) is 4.79 Å². The highest BCUT2D eigenvalue weighted by molar-refractivity contribution is 8.01. The van der Waals surface area contributed by atoms with Gasteiger partial charge in [-0.2, -0.15) is 0 Å². The number of rotatable bonds is 3. The molecule has 0 radical (unpaired) electrons. The van der Waals surface area contributed by atoms with Crippen molar-refractivity contribution in [3.05, 3.63) is 0 Å². The molecule has 0 aromatic carbocycles. The highest BCUT2D eigenvalue weighted by atomic mass is 32.2. The predicted molar refractivity (Wildman–Crippen MR) is 61.1 cm³/mol. The highest BCUT2D eigenvalue weighted by Crippen LogP contribution is 2.37. The molecule has 0 aromatic rings. The van der Waals surface area contributed by atoms with E-state index in [1.54, 1.807) is 18.7 Å². The molecule has 1 heterocycles. The van der Waals surface area contributed by atoms with Crippen LogP contribution in [0.2, 0.25) is 0 Å². The van der Waals surface area contributed by atoms with Crippen LogP contribution in [0.1, 0.15) is 26.7 Å². The Labute approximate surface area is 93.5 Å². The molecule has 0 aliphatic carbocycles. The molecule has 1 fully saturated rings. The van der Waals surface area contributed by atoms with Gasteiger partial charge in [0.25, 0.3) is 0 Å². The summed E-state index contributed by atoms with van der Waals surface area (Å²) in [5.41, 5.74) is 5.39. The third kappa shape index (κ3) is 2.77. The number of carbonyl (C=O) groups is 1. The number of nitrogens with zero attached hydrogens (tertiary/aromatic N) is 1. The minimum Gasteiger partial charge on any atom is -0.409 e. The molecule has 1 rings (SSSR count). The summed E-state index contributed by atoms with van der Waals surface area (Å²) in [6.07, 6.45) is 1.94. The molecular weight excluding hydrogens is 214 g/mol. The van der Waals surface area contributed by atoms with Crippen LogP contribution < -0.4 is 11.1 Å². The van der Waals surface area contributed by atoms with Gasteiger partial charge in [0.2, 0.25) is 5.91 Å².